The van der Waals surface area contributed by atoms with Crippen LogP contribution in [0, 0.1) is 0 Å². The van der Waals surface area contributed by atoms with Crippen molar-refractivity contribution in [1.82, 2.24) is 14.9 Å². The first-order valence-electron chi connectivity index (χ1n) is 7.31. The Balaban J connectivity index is 1.83. The number of halogens is 1. The lowest BCUT2D eigenvalue weighted by Crippen LogP contribution is -2.24. The molecule has 0 unspecified atom stereocenters. The van der Waals surface area contributed by atoms with Gasteiger partial charge in [-0.05, 0) is 17.7 Å². The maximum absolute atomic E-state index is 6.22. The van der Waals surface area contributed by atoms with Gasteiger partial charge in [0.15, 0.2) is 0 Å². The molecule has 0 spiro atoms. The molecule has 0 atom stereocenters. The molecule has 1 aliphatic heterocycles. The molecule has 1 aliphatic rings. The quantitative estimate of drug-likeness (QED) is 0.923. The molecule has 0 bridgehead atoms. The molecule has 0 saturated carbocycles. The van der Waals surface area contributed by atoms with Crippen molar-refractivity contribution in [2.45, 2.75) is 39.4 Å². The summed E-state index contributed by atoms with van der Waals surface area (Å²) in [4.78, 5) is 4.43. The third-order valence-electron chi connectivity index (χ3n) is 3.64. The van der Waals surface area contributed by atoms with E-state index in [2.05, 4.69) is 28.7 Å². The maximum atomic E-state index is 6.22. The van der Waals surface area contributed by atoms with Gasteiger partial charge in [0.1, 0.15) is 11.6 Å². The highest BCUT2D eigenvalue weighted by Crippen LogP contribution is 2.33. The minimum Gasteiger partial charge on any atom is -0.493 e. The third-order valence-corrected chi connectivity index (χ3v) is 3.85. The van der Waals surface area contributed by atoms with Crippen LogP contribution in [0.3, 0.4) is 0 Å². The Morgan fingerprint density at radius 3 is 3.10 bits per heavy atom. The summed E-state index contributed by atoms with van der Waals surface area (Å²) in [5.41, 5.74) is 2.33. The largest absolute Gasteiger partial charge is 0.493 e. The molecular weight excluding hydrogens is 286 g/mol. The van der Waals surface area contributed by atoms with Crippen LogP contribution in [-0.2, 0) is 19.5 Å². The van der Waals surface area contributed by atoms with Crippen LogP contribution >= 0.6 is 11.6 Å². The summed E-state index contributed by atoms with van der Waals surface area (Å²) in [6.07, 6.45) is 4.77. The summed E-state index contributed by atoms with van der Waals surface area (Å²) in [5.74, 6) is 2.02. The molecule has 0 fully saturated rings. The van der Waals surface area contributed by atoms with Crippen molar-refractivity contribution in [1.29, 1.82) is 0 Å². The molecule has 0 amide bonds. The van der Waals surface area contributed by atoms with Crippen LogP contribution in [0.4, 0.5) is 0 Å². The van der Waals surface area contributed by atoms with Gasteiger partial charge in [-0.1, -0.05) is 25.4 Å². The number of ether oxygens (including phenoxy) is 1. The molecule has 1 aromatic carbocycles. The number of hydrogen-bond donors (Lipinski definition) is 1. The Morgan fingerprint density at radius 2 is 2.29 bits per heavy atom. The van der Waals surface area contributed by atoms with Gasteiger partial charge in [-0.2, -0.15) is 0 Å². The minimum atomic E-state index is 0.439. The van der Waals surface area contributed by atoms with Crippen LogP contribution < -0.4 is 10.1 Å². The Bertz CT molecular complexity index is 636. The molecule has 2 aromatic rings. The van der Waals surface area contributed by atoms with Gasteiger partial charge in [0, 0.05) is 35.4 Å². The van der Waals surface area contributed by atoms with Gasteiger partial charge in [0.05, 0.1) is 19.7 Å². The summed E-state index contributed by atoms with van der Waals surface area (Å²) >= 11 is 6.22. The Kier molecular flexibility index (Phi) is 4.17. The number of aromatic nitrogens is 2. The fourth-order valence-corrected chi connectivity index (χ4v) is 2.86. The van der Waals surface area contributed by atoms with Crippen LogP contribution in [0.5, 0.6) is 5.75 Å². The SMILES string of the molecule is CC(C)NCc1nccn1Cc1cc(Cl)cc2c1OCC2. The molecular formula is C16H20ClN3O. The third kappa shape index (κ3) is 3.22. The molecule has 0 radical (unpaired) electrons. The monoisotopic (exact) mass is 305 g/mol. The molecule has 3 rings (SSSR count). The standard InChI is InChI=1S/C16H20ClN3O/c1-11(2)19-9-15-18-4-5-20(15)10-13-8-14(17)7-12-3-6-21-16(12)13/h4-5,7-8,11,19H,3,6,9-10H2,1-2H3. The summed E-state index contributed by atoms with van der Waals surface area (Å²) in [6.45, 7) is 6.50. The highest BCUT2D eigenvalue weighted by Gasteiger charge is 2.18. The van der Waals surface area contributed by atoms with E-state index < -0.39 is 0 Å². The van der Waals surface area contributed by atoms with Crippen LogP contribution in [-0.4, -0.2) is 22.2 Å². The van der Waals surface area contributed by atoms with Crippen LogP contribution in [0.25, 0.3) is 0 Å². The van der Waals surface area contributed by atoms with E-state index in [9.17, 15) is 0 Å². The Morgan fingerprint density at radius 1 is 1.43 bits per heavy atom. The normalized spacial score (nSPS) is 13.5. The van der Waals surface area contributed by atoms with E-state index >= 15 is 0 Å². The first-order valence-corrected chi connectivity index (χ1v) is 7.69. The highest BCUT2D eigenvalue weighted by atomic mass is 35.5. The first-order chi connectivity index (χ1) is 10.1. The van der Waals surface area contributed by atoms with Crippen molar-refractivity contribution < 1.29 is 4.74 Å². The Hall–Kier alpha value is -1.52. The van der Waals surface area contributed by atoms with Gasteiger partial charge in [0.25, 0.3) is 0 Å². The molecule has 5 heteroatoms. The van der Waals surface area contributed by atoms with Gasteiger partial charge >= 0.3 is 0 Å². The molecule has 21 heavy (non-hydrogen) atoms. The van der Waals surface area contributed by atoms with E-state index in [1.807, 2.05) is 24.5 Å². The summed E-state index contributed by atoms with van der Waals surface area (Å²) in [5, 5.41) is 4.17. The zero-order valence-electron chi connectivity index (χ0n) is 12.4. The zero-order chi connectivity index (χ0) is 14.8. The number of fused-ring (bicyclic) bond motifs is 1. The lowest BCUT2D eigenvalue weighted by atomic mass is 10.1. The highest BCUT2D eigenvalue weighted by molar-refractivity contribution is 6.30. The van der Waals surface area contributed by atoms with Crippen molar-refractivity contribution in [2.75, 3.05) is 6.61 Å². The van der Waals surface area contributed by atoms with Crippen molar-refractivity contribution in [3.8, 4) is 5.75 Å². The van der Waals surface area contributed by atoms with Crippen molar-refractivity contribution in [3.05, 3.63) is 46.5 Å². The van der Waals surface area contributed by atoms with Crippen LogP contribution in [0.15, 0.2) is 24.5 Å². The average Bonchev–Trinajstić information content (AvgIpc) is 3.05. The molecule has 1 N–H and O–H groups in total. The van der Waals surface area contributed by atoms with E-state index in [0.717, 1.165) is 48.3 Å². The molecule has 112 valence electrons. The summed E-state index contributed by atoms with van der Waals surface area (Å²) < 4.78 is 7.91. The molecule has 4 nitrogen and oxygen atoms in total. The Labute approximate surface area is 130 Å². The van der Waals surface area contributed by atoms with E-state index in [1.165, 1.54) is 5.56 Å². The number of imidazole rings is 1. The van der Waals surface area contributed by atoms with Gasteiger partial charge in [-0.25, -0.2) is 4.98 Å². The molecule has 0 aliphatic carbocycles. The number of nitrogens with one attached hydrogen (secondary N) is 1. The summed E-state index contributed by atoms with van der Waals surface area (Å²) in [7, 11) is 0. The van der Waals surface area contributed by atoms with Crippen LogP contribution in [0.2, 0.25) is 5.02 Å². The summed E-state index contributed by atoms with van der Waals surface area (Å²) in [6, 6.07) is 4.43. The van der Waals surface area contributed by atoms with Gasteiger partial charge < -0.3 is 14.6 Å². The lowest BCUT2D eigenvalue weighted by molar-refractivity contribution is 0.352. The van der Waals surface area contributed by atoms with E-state index in [0.29, 0.717) is 6.04 Å². The molecule has 0 saturated heterocycles. The van der Waals surface area contributed by atoms with E-state index in [-0.39, 0.29) is 0 Å². The second-order valence-corrected chi connectivity index (χ2v) is 6.10. The van der Waals surface area contributed by atoms with Crippen LogP contribution in [0.1, 0.15) is 30.8 Å². The smallest absolute Gasteiger partial charge is 0.127 e. The van der Waals surface area contributed by atoms with E-state index in [1.54, 1.807) is 0 Å². The lowest BCUT2D eigenvalue weighted by Gasteiger charge is -2.13. The fraction of sp³-hybridized carbons (Fsp3) is 0.438. The second-order valence-electron chi connectivity index (χ2n) is 5.66. The van der Waals surface area contributed by atoms with Crippen molar-refractivity contribution >= 4 is 11.6 Å². The predicted molar refractivity (Wildman–Crippen MR) is 84.0 cm³/mol. The van der Waals surface area contributed by atoms with Crippen molar-refractivity contribution in [2.24, 2.45) is 0 Å². The number of nitrogens with zero attached hydrogens (tertiary/aromatic N) is 2. The predicted octanol–water partition coefficient (Wildman–Crippen LogP) is 3.02. The fourth-order valence-electron chi connectivity index (χ4n) is 2.59. The first kappa shape index (κ1) is 14.4. The average molecular weight is 306 g/mol. The van der Waals surface area contributed by atoms with Gasteiger partial charge in [-0.15, -0.1) is 0 Å². The molecule has 1 aromatic heterocycles. The second kappa shape index (κ2) is 6.08. The number of benzene rings is 1. The topological polar surface area (TPSA) is 39.1 Å². The number of rotatable bonds is 5. The zero-order valence-corrected chi connectivity index (χ0v) is 13.2. The minimum absolute atomic E-state index is 0.439. The van der Waals surface area contributed by atoms with Gasteiger partial charge in [-0.3, -0.25) is 0 Å². The number of hydrogen-bond acceptors (Lipinski definition) is 3. The van der Waals surface area contributed by atoms with E-state index in [4.69, 9.17) is 16.3 Å². The maximum Gasteiger partial charge on any atom is 0.127 e. The van der Waals surface area contributed by atoms with Crippen molar-refractivity contribution in [3.63, 3.8) is 0 Å². The van der Waals surface area contributed by atoms with Gasteiger partial charge in [0.2, 0.25) is 0 Å². The molecule has 2 heterocycles.